The third-order valence-corrected chi connectivity index (χ3v) is 0.482. The van der Waals surface area contributed by atoms with E-state index in [2.05, 4.69) is 12.3 Å². The van der Waals surface area contributed by atoms with E-state index in [1.54, 1.807) is 6.07 Å². The molecule has 0 aromatic rings. The molecular formula is C5H4FN. The maximum Gasteiger partial charge on any atom is 0.132 e. The highest BCUT2D eigenvalue weighted by Gasteiger charge is 1.85. The average molecular weight is 97.1 g/mol. The highest BCUT2D eigenvalue weighted by atomic mass is 19.1. The van der Waals surface area contributed by atoms with Crippen molar-refractivity contribution in [1.82, 2.24) is 0 Å². The second kappa shape index (κ2) is 3.14. The predicted molar refractivity (Wildman–Crippen MR) is 24.2 cm³/mol. The molecule has 1 nitrogen and oxygen atoms in total. The lowest BCUT2D eigenvalue weighted by Gasteiger charge is -1.73. The molecular weight excluding hydrogens is 93.1 g/mol. The molecule has 0 fully saturated rings. The molecule has 36 valence electrons. The highest BCUT2D eigenvalue weighted by molar-refractivity contribution is 5.18. The van der Waals surface area contributed by atoms with Crippen LogP contribution in [0.5, 0.6) is 0 Å². The Labute approximate surface area is 41.4 Å². The SMILES string of the molecule is C=C=C(C#N)CF. The Morgan fingerprint density at radius 1 is 1.86 bits per heavy atom. The molecule has 0 saturated heterocycles. The topological polar surface area (TPSA) is 23.8 Å². The lowest BCUT2D eigenvalue weighted by molar-refractivity contribution is 0.551. The highest BCUT2D eigenvalue weighted by Crippen LogP contribution is 1.85. The summed E-state index contributed by atoms with van der Waals surface area (Å²) in [5.41, 5.74) is 2.09. The van der Waals surface area contributed by atoms with Gasteiger partial charge in [0.25, 0.3) is 0 Å². The van der Waals surface area contributed by atoms with Gasteiger partial charge in [-0.2, -0.15) is 5.26 Å². The van der Waals surface area contributed by atoms with Crippen LogP contribution in [0.4, 0.5) is 4.39 Å². The van der Waals surface area contributed by atoms with E-state index in [-0.39, 0.29) is 5.57 Å². The van der Waals surface area contributed by atoms with Crippen LogP contribution in [0.1, 0.15) is 0 Å². The first kappa shape index (κ1) is 5.94. The second-order valence-electron chi connectivity index (χ2n) is 0.901. The number of alkyl halides is 1. The largest absolute Gasteiger partial charge is 0.244 e. The van der Waals surface area contributed by atoms with Gasteiger partial charge in [0, 0.05) is 0 Å². The molecule has 0 unspecified atom stereocenters. The van der Waals surface area contributed by atoms with Crippen LogP contribution in [-0.4, -0.2) is 6.67 Å². The molecule has 0 radical (unpaired) electrons. The third kappa shape index (κ3) is 1.75. The van der Waals surface area contributed by atoms with Crippen molar-refractivity contribution in [2.24, 2.45) is 0 Å². The zero-order valence-electron chi connectivity index (χ0n) is 3.74. The Bertz CT molecular complexity index is 137. The minimum absolute atomic E-state index is 0.0417. The van der Waals surface area contributed by atoms with E-state index >= 15 is 0 Å². The minimum Gasteiger partial charge on any atom is -0.244 e. The molecule has 2 heteroatoms. The number of hydrogen-bond donors (Lipinski definition) is 0. The molecule has 0 amide bonds. The molecule has 0 atom stereocenters. The first-order valence-corrected chi connectivity index (χ1v) is 1.70. The molecule has 0 aromatic heterocycles. The van der Waals surface area contributed by atoms with E-state index < -0.39 is 6.67 Å². The Balaban J connectivity index is 3.95. The number of allylic oxidation sites excluding steroid dienone is 1. The van der Waals surface area contributed by atoms with Gasteiger partial charge in [-0.1, -0.05) is 6.58 Å². The van der Waals surface area contributed by atoms with Crippen LogP contribution in [0.15, 0.2) is 17.9 Å². The number of rotatable bonds is 1. The first-order chi connectivity index (χ1) is 3.35. The predicted octanol–water partition coefficient (Wildman–Crippen LogP) is 1.19. The van der Waals surface area contributed by atoms with Crippen molar-refractivity contribution in [3.05, 3.63) is 17.9 Å². The summed E-state index contributed by atoms with van der Waals surface area (Å²) in [5, 5.41) is 7.90. The number of nitrogens with zero attached hydrogens (tertiary/aromatic N) is 1. The van der Waals surface area contributed by atoms with Crippen LogP contribution in [0.3, 0.4) is 0 Å². The van der Waals surface area contributed by atoms with Crippen molar-refractivity contribution in [2.45, 2.75) is 0 Å². The Morgan fingerprint density at radius 2 is 2.43 bits per heavy atom. The summed E-state index contributed by atoms with van der Waals surface area (Å²) in [6.45, 7) is 2.31. The van der Waals surface area contributed by atoms with Gasteiger partial charge in [0.15, 0.2) is 0 Å². The molecule has 0 heterocycles. The zero-order chi connectivity index (χ0) is 5.70. The molecule has 0 aliphatic rings. The monoisotopic (exact) mass is 97.0 g/mol. The normalized spacial score (nSPS) is 6.29. The summed E-state index contributed by atoms with van der Waals surface area (Å²) in [7, 11) is 0. The van der Waals surface area contributed by atoms with Crippen molar-refractivity contribution in [1.29, 1.82) is 5.26 Å². The van der Waals surface area contributed by atoms with Gasteiger partial charge in [-0.25, -0.2) is 4.39 Å². The van der Waals surface area contributed by atoms with E-state index in [1.165, 1.54) is 0 Å². The summed E-state index contributed by atoms with van der Waals surface area (Å²) in [4.78, 5) is 0. The molecule has 7 heavy (non-hydrogen) atoms. The quantitative estimate of drug-likeness (QED) is 0.356. The molecule has 0 bridgehead atoms. The fourth-order valence-electron chi connectivity index (χ4n) is 0.117. The third-order valence-electron chi connectivity index (χ3n) is 0.482. The Hall–Kier alpha value is -1.06. The molecule has 0 saturated carbocycles. The summed E-state index contributed by atoms with van der Waals surface area (Å²) >= 11 is 0. The van der Waals surface area contributed by atoms with Gasteiger partial charge in [0.1, 0.15) is 18.3 Å². The maximum atomic E-state index is 11.3. The van der Waals surface area contributed by atoms with Crippen molar-refractivity contribution in [2.75, 3.05) is 6.67 Å². The van der Waals surface area contributed by atoms with Crippen molar-refractivity contribution >= 4 is 0 Å². The van der Waals surface area contributed by atoms with Crippen molar-refractivity contribution in [3.8, 4) is 6.07 Å². The molecule has 0 spiro atoms. The summed E-state index contributed by atoms with van der Waals surface area (Å²) in [6, 6.07) is 1.57. The van der Waals surface area contributed by atoms with Crippen LogP contribution >= 0.6 is 0 Å². The van der Waals surface area contributed by atoms with Gasteiger partial charge in [-0.15, -0.1) is 5.73 Å². The summed E-state index contributed by atoms with van der Waals surface area (Å²) in [6.07, 6.45) is 0. The van der Waals surface area contributed by atoms with E-state index in [4.69, 9.17) is 5.26 Å². The molecule has 0 aromatic carbocycles. The lowest BCUT2D eigenvalue weighted by Crippen LogP contribution is -1.73. The van der Waals surface area contributed by atoms with Gasteiger partial charge in [0.2, 0.25) is 0 Å². The smallest absolute Gasteiger partial charge is 0.132 e. The maximum absolute atomic E-state index is 11.3. The van der Waals surface area contributed by atoms with Crippen molar-refractivity contribution < 1.29 is 4.39 Å². The fraction of sp³-hybridized carbons (Fsp3) is 0.200. The van der Waals surface area contributed by atoms with Crippen LogP contribution in [0, 0.1) is 11.3 Å². The summed E-state index contributed by atoms with van der Waals surface area (Å²) in [5.74, 6) is 0. The molecule has 0 aliphatic carbocycles. The van der Waals surface area contributed by atoms with Crippen molar-refractivity contribution in [3.63, 3.8) is 0 Å². The number of halogens is 1. The summed E-state index contributed by atoms with van der Waals surface area (Å²) < 4.78 is 11.3. The zero-order valence-corrected chi connectivity index (χ0v) is 3.74. The van der Waals surface area contributed by atoms with Crippen LogP contribution in [-0.2, 0) is 0 Å². The second-order valence-corrected chi connectivity index (χ2v) is 0.901. The van der Waals surface area contributed by atoms with E-state index in [1.807, 2.05) is 0 Å². The van der Waals surface area contributed by atoms with Crippen LogP contribution in [0.25, 0.3) is 0 Å². The van der Waals surface area contributed by atoms with Crippen LogP contribution < -0.4 is 0 Å². The Kier molecular flexibility index (Phi) is 2.67. The fourth-order valence-corrected chi connectivity index (χ4v) is 0.117. The van der Waals surface area contributed by atoms with Gasteiger partial charge in [-0.05, 0) is 0 Å². The number of nitriles is 1. The molecule has 0 N–H and O–H groups in total. The first-order valence-electron chi connectivity index (χ1n) is 1.70. The van der Waals surface area contributed by atoms with Gasteiger partial charge in [0.05, 0.1) is 0 Å². The van der Waals surface area contributed by atoms with Gasteiger partial charge >= 0.3 is 0 Å². The van der Waals surface area contributed by atoms with Gasteiger partial charge < -0.3 is 0 Å². The van der Waals surface area contributed by atoms with E-state index in [0.29, 0.717) is 0 Å². The standard InChI is InChI=1S/C5H4FN/c1-2-5(3-6)4-7/h1,3H2. The van der Waals surface area contributed by atoms with Gasteiger partial charge in [-0.3, -0.25) is 0 Å². The minimum atomic E-state index is -0.764. The van der Waals surface area contributed by atoms with E-state index in [9.17, 15) is 4.39 Å². The van der Waals surface area contributed by atoms with Crippen LogP contribution in [0.2, 0.25) is 0 Å². The lowest BCUT2D eigenvalue weighted by atomic mass is 10.4. The van der Waals surface area contributed by atoms with E-state index in [0.717, 1.165) is 0 Å². The molecule has 0 aliphatic heterocycles. The Morgan fingerprint density at radius 3 is 2.43 bits per heavy atom. The number of hydrogen-bond acceptors (Lipinski definition) is 1. The molecule has 0 rings (SSSR count). The average Bonchev–Trinajstić information content (AvgIpc) is 1.72.